The van der Waals surface area contributed by atoms with E-state index in [1.54, 1.807) is 18.3 Å². The van der Waals surface area contributed by atoms with Crippen molar-refractivity contribution in [2.24, 2.45) is 0 Å². The van der Waals surface area contributed by atoms with Crippen LogP contribution in [0.3, 0.4) is 0 Å². The average molecular weight is 283 g/mol. The number of alkyl halides is 2. The molecule has 3 nitrogen and oxygen atoms in total. The van der Waals surface area contributed by atoms with Crippen LogP contribution in [0.1, 0.15) is 30.8 Å². The maximum absolute atomic E-state index is 13.0. The van der Waals surface area contributed by atoms with Crippen LogP contribution in [0.2, 0.25) is 0 Å². The lowest BCUT2D eigenvalue weighted by Crippen LogP contribution is -2.28. The van der Waals surface area contributed by atoms with Crippen LogP contribution in [0.25, 0.3) is 0 Å². The summed E-state index contributed by atoms with van der Waals surface area (Å²) < 4.78 is 26.0. The number of rotatable bonds is 4. The van der Waals surface area contributed by atoms with Crippen molar-refractivity contribution < 1.29 is 8.78 Å². The number of thiazole rings is 1. The molecule has 0 saturated carbocycles. The number of aromatic nitrogens is 1. The zero-order chi connectivity index (χ0) is 14.0. The molecule has 19 heavy (non-hydrogen) atoms. The first-order valence-electron chi connectivity index (χ1n) is 5.76. The van der Waals surface area contributed by atoms with Crippen LogP contribution >= 0.6 is 11.3 Å². The lowest BCUT2D eigenvalue weighted by atomic mass is 10.0. The molecule has 0 atom stereocenters. The Morgan fingerprint density at radius 1 is 1.37 bits per heavy atom. The van der Waals surface area contributed by atoms with E-state index in [1.807, 2.05) is 19.2 Å². The minimum Gasteiger partial charge on any atom is -0.399 e. The first-order chi connectivity index (χ1) is 8.90. The van der Waals surface area contributed by atoms with Gasteiger partial charge in [0.05, 0.1) is 5.54 Å². The van der Waals surface area contributed by atoms with Gasteiger partial charge >= 0.3 is 0 Å². The minimum atomic E-state index is -2.57. The van der Waals surface area contributed by atoms with Gasteiger partial charge in [0.15, 0.2) is 0 Å². The molecule has 1 aromatic heterocycles. The summed E-state index contributed by atoms with van der Waals surface area (Å²) in [6.07, 6.45) is -0.876. The van der Waals surface area contributed by atoms with Crippen LogP contribution in [0.15, 0.2) is 29.8 Å². The Balaban J connectivity index is 2.33. The van der Waals surface area contributed by atoms with E-state index in [9.17, 15) is 8.78 Å². The third-order valence-corrected chi connectivity index (χ3v) is 3.82. The fourth-order valence-electron chi connectivity index (χ4n) is 1.80. The van der Waals surface area contributed by atoms with E-state index in [0.29, 0.717) is 11.4 Å². The summed E-state index contributed by atoms with van der Waals surface area (Å²) in [6.45, 7) is 3.80. The maximum atomic E-state index is 13.0. The van der Waals surface area contributed by atoms with Crippen molar-refractivity contribution in [3.63, 3.8) is 0 Å². The van der Waals surface area contributed by atoms with E-state index in [1.165, 1.54) is 17.4 Å². The number of nitrogen functional groups attached to an aromatic ring is 1. The Morgan fingerprint density at radius 3 is 2.68 bits per heavy atom. The van der Waals surface area contributed by atoms with Gasteiger partial charge in [-0.3, -0.25) is 0 Å². The molecule has 0 amide bonds. The van der Waals surface area contributed by atoms with Crippen molar-refractivity contribution in [1.29, 1.82) is 0 Å². The fourth-order valence-corrected chi connectivity index (χ4v) is 2.52. The van der Waals surface area contributed by atoms with Crippen molar-refractivity contribution in [1.82, 2.24) is 4.98 Å². The molecular weight excluding hydrogens is 268 g/mol. The molecule has 0 saturated heterocycles. The lowest BCUT2D eigenvalue weighted by Gasteiger charge is -2.26. The van der Waals surface area contributed by atoms with Crippen LogP contribution in [-0.2, 0) is 5.54 Å². The number of anilines is 2. The monoisotopic (exact) mass is 283 g/mol. The molecule has 1 aromatic carbocycles. The summed E-state index contributed by atoms with van der Waals surface area (Å²) in [6, 6.07) is 4.48. The van der Waals surface area contributed by atoms with E-state index < -0.39 is 12.0 Å². The molecule has 0 bridgehead atoms. The SMILES string of the molecule is CC(C)(Nc1ccc(N)cc1C(F)F)c1nccs1. The van der Waals surface area contributed by atoms with E-state index in [2.05, 4.69) is 10.3 Å². The van der Waals surface area contributed by atoms with Gasteiger partial charge in [-0.15, -0.1) is 11.3 Å². The highest BCUT2D eigenvalue weighted by Crippen LogP contribution is 2.34. The predicted molar refractivity (Wildman–Crippen MR) is 74.6 cm³/mol. The number of nitrogens with one attached hydrogen (secondary N) is 1. The van der Waals surface area contributed by atoms with Crippen molar-refractivity contribution >= 4 is 22.7 Å². The van der Waals surface area contributed by atoms with Gasteiger partial charge in [0, 0.05) is 28.5 Å². The smallest absolute Gasteiger partial charge is 0.265 e. The third kappa shape index (κ3) is 3.01. The third-order valence-electron chi connectivity index (χ3n) is 2.72. The van der Waals surface area contributed by atoms with E-state index in [-0.39, 0.29) is 5.56 Å². The molecule has 2 rings (SSSR count). The molecule has 1 heterocycles. The number of nitrogens with zero attached hydrogens (tertiary/aromatic N) is 1. The second-order valence-electron chi connectivity index (χ2n) is 4.73. The van der Waals surface area contributed by atoms with Gasteiger partial charge in [0.2, 0.25) is 0 Å². The molecule has 0 spiro atoms. The van der Waals surface area contributed by atoms with E-state index in [0.717, 1.165) is 5.01 Å². The molecule has 0 aliphatic carbocycles. The molecule has 3 N–H and O–H groups in total. The molecule has 0 fully saturated rings. The Bertz CT molecular complexity index is 553. The summed E-state index contributed by atoms with van der Waals surface area (Å²) in [5, 5.41) is 5.80. The summed E-state index contributed by atoms with van der Waals surface area (Å²) in [5.41, 5.74) is 5.65. The van der Waals surface area contributed by atoms with Crippen LogP contribution in [0.4, 0.5) is 20.2 Å². The number of nitrogens with two attached hydrogens (primary N) is 1. The first kappa shape index (κ1) is 13.7. The van der Waals surface area contributed by atoms with Crippen molar-refractivity contribution in [2.45, 2.75) is 25.8 Å². The van der Waals surface area contributed by atoms with Crippen LogP contribution in [-0.4, -0.2) is 4.98 Å². The van der Waals surface area contributed by atoms with Crippen LogP contribution in [0, 0.1) is 0 Å². The summed E-state index contributed by atoms with van der Waals surface area (Å²) in [7, 11) is 0. The van der Waals surface area contributed by atoms with Crippen molar-refractivity contribution in [3.8, 4) is 0 Å². The maximum Gasteiger partial charge on any atom is 0.265 e. The number of halogens is 2. The van der Waals surface area contributed by atoms with Crippen LogP contribution < -0.4 is 11.1 Å². The molecule has 0 aliphatic heterocycles. The second-order valence-corrected chi connectivity index (χ2v) is 5.63. The first-order valence-corrected chi connectivity index (χ1v) is 6.64. The molecule has 0 aliphatic rings. The van der Waals surface area contributed by atoms with Gasteiger partial charge in [0.1, 0.15) is 5.01 Å². The summed E-state index contributed by atoms with van der Waals surface area (Å²) in [4.78, 5) is 4.22. The lowest BCUT2D eigenvalue weighted by molar-refractivity contribution is 0.152. The van der Waals surface area contributed by atoms with Gasteiger partial charge in [0.25, 0.3) is 6.43 Å². The standard InChI is InChI=1S/C13H15F2N3S/c1-13(2,12-17-5-6-19-12)18-10-4-3-8(16)7-9(10)11(14)15/h3-7,11,18H,16H2,1-2H3. The number of benzene rings is 1. The average Bonchev–Trinajstić information content (AvgIpc) is 2.85. The Hall–Kier alpha value is -1.69. The number of hydrogen-bond acceptors (Lipinski definition) is 4. The fraction of sp³-hybridized carbons (Fsp3) is 0.308. The van der Waals surface area contributed by atoms with E-state index >= 15 is 0 Å². The predicted octanol–water partition coefficient (Wildman–Crippen LogP) is 4.01. The summed E-state index contributed by atoms with van der Waals surface area (Å²) in [5.74, 6) is 0. The zero-order valence-electron chi connectivity index (χ0n) is 10.7. The number of hydrogen-bond donors (Lipinski definition) is 2. The zero-order valence-corrected chi connectivity index (χ0v) is 11.5. The van der Waals surface area contributed by atoms with Gasteiger partial charge in [-0.25, -0.2) is 13.8 Å². The highest BCUT2D eigenvalue weighted by atomic mass is 32.1. The Morgan fingerprint density at radius 2 is 2.11 bits per heavy atom. The molecule has 6 heteroatoms. The van der Waals surface area contributed by atoms with Crippen molar-refractivity contribution in [2.75, 3.05) is 11.1 Å². The topological polar surface area (TPSA) is 50.9 Å². The molecule has 0 radical (unpaired) electrons. The normalized spacial score (nSPS) is 11.8. The van der Waals surface area contributed by atoms with Crippen LogP contribution in [0.5, 0.6) is 0 Å². The Kier molecular flexibility index (Phi) is 3.71. The molecule has 0 unspecified atom stereocenters. The highest BCUT2D eigenvalue weighted by Gasteiger charge is 2.25. The van der Waals surface area contributed by atoms with Gasteiger partial charge in [-0.1, -0.05) is 0 Å². The Labute approximate surface area is 114 Å². The molecule has 2 aromatic rings. The largest absolute Gasteiger partial charge is 0.399 e. The van der Waals surface area contributed by atoms with Gasteiger partial charge < -0.3 is 11.1 Å². The van der Waals surface area contributed by atoms with Crippen molar-refractivity contribution in [3.05, 3.63) is 40.3 Å². The van der Waals surface area contributed by atoms with E-state index in [4.69, 9.17) is 5.73 Å². The quantitative estimate of drug-likeness (QED) is 0.833. The highest BCUT2D eigenvalue weighted by molar-refractivity contribution is 7.09. The minimum absolute atomic E-state index is 0.0929. The van der Waals surface area contributed by atoms with Gasteiger partial charge in [-0.05, 0) is 32.0 Å². The molecular formula is C13H15F2N3S. The van der Waals surface area contributed by atoms with Gasteiger partial charge in [-0.2, -0.15) is 0 Å². The molecule has 102 valence electrons. The summed E-state index contributed by atoms with van der Waals surface area (Å²) >= 11 is 1.48. The second kappa shape index (κ2) is 5.13.